The van der Waals surface area contributed by atoms with Gasteiger partial charge >= 0.3 is 6.18 Å². The molecular weight excluding hydrogens is 399 g/mol. The molecule has 0 atom stereocenters. The molecule has 11 heteroatoms. The zero-order chi connectivity index (χ0) is 19.6. The highest BCUT2D eigenvalue weighted by Gasteiger charge is 2.35. The Morgan fingerprint density at radius 1 is 1.33 bits per heavy atom. The van der Waals surface area contributed by atoms with Crippen LogP contribution in [0.3, 0.4) is 0 Å². The summed E-state index contributed by atoms with van der Waals surface area (Å²) in [5.41, 5.74) is 2.03. The maximum Gasteiger partial charge on any atom is 0.445 e. The second-order valence-electron chi connectivity index (χ2n) is 5.40. The van der Waals surface area contributed by atoms with Crippen LogP contribution in [0.2, 0.25) is 0 Å². The Labute approximate surface area is 159 Å². The Morgan fingerprint density at radius 2 is 2.11 bits per heavy atom. The molecule has 0 radical (unpaired) electrons. The zero-order valence-corrected chi connectivity index (χ0v) is 15.3. The zero-order valence-electron chi connectivity index (χ0n) is 13.7. The van der Waals surface area contributed by atoms with E-state index in [4.69, 9.17) is 0 Å². The normalized spacial score (nSPS) is 11.4. The van der Waals surface area contributed by atoms with Gasteiger partial charge in [-0.1, -0.05) is 34.7 Å². The summed E-state index contributed by atoms with van der Waals surface area (Å²) >= 11 is 1.26. The lowest BCUT2D eigenvalue weighted by molar-refractivity contribution is -0.138. The van der Waals surface area contributed by atoms with E-state index in [9.17, 15) is 23.2 Å². The van der Waals surface area contributed by atoms with E-state index in [0.29, 0.717) is 16.1 Å². The summed E-state index contributed by atoms with van der Waals surface area (Å²) in [6.45, 7) is 1.93. The largest absolute Gasteiger partial charge is 0.445 e. The summed E-state index contributed by atoms with van der Waals surface area (Å²) in [5.74, 6) is -0.709. The second-order valence-corrected chi connectivity index (χ2v) is 7.34. The number of amides is 1. The third-order valence-corrected chi connectivity index (χ3v) is 5.18. The summed E-state index contributed by atoms with van der Waals surface area (Å²) in [7, 11) is 0. The van der Waals surface area contributed by atoms with Gasteiger partial charge in [-0.3, -0.25) is 10.1 Å². The van der Waals surface area contributed by atoms with Gasteiger partial charge in [0.05, 0.1) is 16.8 Å². The summed E-state index contributed by atoms with van der Waals surface area (Å²) in [6.07, 6.45) is -4.61. The molecule has 27 heavy (non-hydrogen) atoms. The molecule has 0 aliphatic heterocycles. The third kappa shape index (κ3) is 4.53. The van der Waals surface area contributed by atoms with Crippen molar-refractivity contribution in [3.05, 3.63) is 40.4 Å². The highest BCUT2D eigenvalue weighted by molar-refractivity contribution is 8.00. The van der Waals surface area contributed by atoms with Crippen LogP contribution in [0.4, 0.5) is 18.3 Å². The minimum absolute atomic E-state index is 0.139. The van der Waals surface area contributed by atoms with E-state index in [0.717, 1.165) is 22.7 Å². The average Bonchev–Trinajstić information content (AvgIpc) is 3.08. The molecule has 6 nitrogen and oxygen atoms in total. The summed E-state index contributed by atoms with van der Waals surface area (Å²) in [5, 5.41) is 17.7. The lowest BCUT2D eigenvalue weighted by Gasteiger charge is -2.06. The lowest BCUT2D eigenvalue weighted by Crippen LogP contribution is -2.14. The molecule has 0 unspecified atom stereocenters. The van der Waals surface area contributed by atoms with Crippen molar-refractivity contribution in [1.29, 1.82) is 5.26 Å². The Bertz CT molecular complexity index is 1060. The van der Waals surface area contributed by atoms with E-state index in [1.54, 1.807) is 6.07 Å². The van der Waals surface area contributed by atoms with Crippen molar-refractivity contribution in [1.82, 2.24) is 15.2 Å². The number of rotatable bonds is 4. The van der Waals surface area contributed by atoms with Gasteiger partial charge in [0, 0.05) is 5.39 Å². The Hall–Kier alpha value is -2.71. The minimum atomic E-state index is -4.61. The fraction of sp³-hybridized carbons (Fsp3) is 0.188. The fourth-order valence-electron chi connectivity index (χ4n) is 2.15. The van der Waals surface area contributed by atoms with Crippen LogP contribution in [0.25, 0.3) is 10.9 Å². The Morgan fingerprint density at radius 3 is 2.78 bits per heavy atom. The van der Waals surface area contributed by atoms with Gasteiger partial charge in [0.2, 0.25) is 16.0 Å². The topological polar surface area (TPSA) is 91.6 Å². The number of alkyl halides is 3. The molecular formula is C16H10F3N5OS2. The molecule has 0 aliphatic carbocycles. The van der Waals surface area contributed by atoms with Crippen LogP contribution in [0.1, 0.15) is 16.1 Å². The van der Waals surface area contributed by atoms with Crippen LogP contribution in [0.15, 0.2) is 29.3 Å². The number of benzene rings is 1. The molecule has 0 saturated carbocycles. The van der Waals surface area contributed by atoms with Crippen LogP contribution in [-0.4, -0.2) is 26.8 Å². The third-order valence-electron chi connectivity index (χ3n) is 3.31. The van der Waals surface area contributed by atoms with Crippen LogP contribution >= 0.6 is 23.1 Å². The van der Waals surface area contributed by atoms with Crippen LogP contribution in [0.5, 0.6) is 0 Å². The number of anilines is 1. The average molecular weight is 409 g/mol. The number of aromatic nitrogens is 3. The van der Waals surface area contributed by atoms with E-state index in [1.807, 2.05) is 31.2 Å². The van der Waals surface area contributed by atoms with Gasteiger partial charge in [-0.2, -0.15) is 18.4 Å². The van der Waals surface area contributed by atoms with Crippen molar-refractivity contribution in [2.24, 2.45) is 0 Å². The summed E-state index contributed by atoms with van der Waals surface area (Å²) in [4.78, 5) is 16.4. The van der Waals surface area contributed by atoms with Gasteiger partial charge in [0.1, 0.15) is 11.1 Å². The van der Waals surface area contributed by atoms with Crippen molar-refractivity contribution in [2.75, 3.05) is 11.1 Å². The molecule has 1 amide bonds. The number of pyridine rings is 1. The number of fused-ring (bicyclic) bond motifs is 1. The highest BCUT2D eigenvalue weighted by Crippen LogP contribution is 2.33. The van der Waals surface area contributed by atoms with Crippen molar-refractivity contribution in [2.45, 2.75) is 18.1 Å². The maximum absolute atomic E-state index is 12.5. The standard InChI is InChI=1S/C16H10F3N5OS2/c1-8-2-3-11-9(4-8)5-10(6-20)13(21-11)26-7-12(25)22-15-24-23-14(27-15)16(17,18)19/h2-5H,7H2,1H3,(H,22,24,25). The number of carbonyl (C=O) groups excluding carboxylic acids is 1. The molecule has 138 valence electrons. The first-order valence-electron chi connectivity index (χ1n) is 7.41. The predicted molar refractivity (Wildman–Crippen MR) is 95.5 cm³/mol. The quantitative estimate of drug-likeness (QED) is 0.655. The Balaban J connectivity index is 1.70. The first-order chi connectivity index (χ1) is 12.8. The summed E-state index contributed by atoms with van der Waals surface area (Å²) in [6, 6.07) is 9.33. The van der Waals surface area contributed by atoms with Crippen molar-refractivity contribution >= 4 is 45.0 Å². The van der Waals surface area contributed by atoms with Crippen LogP contribution in [-0.2, 0) is 11.0 Å². The number of carbonyl (C=O) groups is 1. The van der Waals surface area contributed by atoms with E-state index < -0.39 is 17.1 Å². The van der Waals surface area contributed by atoms with Gasteiger partial charge in [-0.25, -0.2) is 4.98 Å². The molecule has 0 spiro atoms. The van der Waals surface area contributed by atoms with Crippen molar-refractivity contribution in [3.8, 4) is 6.07 Å². The van der Waals surface area contributed by atoms with Crippen molar-refractivity contribution < 1.29 is 18.0 Å². The minimum Gasteiger partial charge on any atom is -0.300 e. The number of nitrogens with zero attached hydrogens (tertiary/aromatic N) is 4. The van der Waals surface area contributed by atoms with Crippen LogP contribution in [0, 0.1) is 18.3 Å². The van der Waals surface area contributed by atoms with Gasteiger partial charge in [0.15, 0.2) is 0 Å². The molecule has 1 N–H and O–H groups in total. The molecule has 0 fully saturated rings. The fourth-order valence-corrected chi connectivity index (χ4v) is 3.54. The first kappa shape index (κ1) is 19.1. The monoisotopic (exact) mass is 409 g/mol. The van der Waals surface area contributed by atoms with Gasteiger partial charge in [-0.15, -0.1) is 10.2 Å². The Kier molecular flexibility index (Phi) is 5.29. The smallest absolute Gasteiger partial charge is 0.300 e. The molecule has 1 aromatic carbocycles. The number of halogens is 3. The molecule has 0 bridgehead atoms. The van der Waals surface area contributed by atoms with Gasteiger partial charge in [0.25, 0.3) is 0 Å². The number of aryl methyl sites for hydroxylation is 1. The van der Waals surface area contributed by atoms with E-state index in [2.05, 4.69) is 20.5 Å². The first-order valence-corrected chi connectivity index (χ1v) is 9.21. The molecule has 0 aliphatic rings. The molecule has 0 saturated heterocycles. The second kappa shape index (κ2) is 7.50. The predicted octanol–water partition coefficient (Wildman–Crippen LogP) is 4.02. The SMILES string of the molecule is Cc1ccc2nc(SCC(=O)Nc3nnc(C(F)(F)F)s3)c(C#N)cc2c1. The number of thioether (sulfide) groups is 1. The molecule has 2 aromatic heterocycles. The van der Waals surface area contributed by atoms with E-state index in [-0.39, 0.29) is 22.2 Å². The number of hydrogen-bond acceptors (Lipinski definition) is 7. The van der Waals surface area contributed by atoms with E-state index in [1.165, 1.54) is 0 Å². The van der Waals surface area contributed by atoms with Gasteiger partial charge < -0.3 is 0 Å². The van der Waals surface area contributed by atoms with E-state index >= 15 is 0 Å². The summed E-state index contributed by atoms with van der Waals surface area (Å²) < 4.78 is 37.5. The van der Waals surface area contributed by atoms with Gasteiger partial charge in [-0.05, 0) is 25.1 Å². The molecule has 3 rings (SSSR count). The number of nitrogens with one attached hydrogen (secondary N) is 1. The highest BCUT2D eigenvalue weighted by atomic mass is 32.2. The lowest BCUT2D eigenvalue weighted by atomic mass is 10.1. The van der Waals surface area contributed by atoms with Crippen molar-refractivity contribution in [3.63, 3.8) is 0 Å². The molecule has 3 aromatic rings. The molecule has 2 heterocycles. The number of nitriles is 1. The number of hydrogen-bond donors (Lipinski definition) is 1. The maximum atomic E-state index is 12.5. The van der Waals surface area contributed by atoms with Crippen LogP contribution < -0.4 is 5.32 Å².